The molecule has 2 nitrogen and oxygen atoms in total. The highest BCUT2D eigenvalue weighted by Gasteiger charge is 2.14. The van der Waals surface area contributed by atoms with E-state index in [0.717, 1.165) is 30.5 Å². The zero-order valence-electron chi connectivity index (χ0n) is 19.5. The van der Waals surface area contributed by atoms with E-state index in [4.69, 9.17) is 0 Å². The van der Waals surface area contributed by atoms with Crippen LogP contribution in [0.2, 0.25) is 0 Å². The van der Waals surface area contributed by atoms with Gasteiger partial charge in [0, 0.05) is 24.7 Å². The van der Waals surface area contributed by atoms with Gasteiger partial charge in [0.05, 0.1) is 0 Å². The topological polar surface area (TPSA) is 16.1 Å². The Balaban J connectivity index is 0.00000306. The monoisotopic (exact) mass is 462 g/mol. The molecule has 2 aliphatic rings. The molecule has 1 fully saturated rings. The zero-order valence-corrected chi connectivity index (χ0v) is 20.4. The standard InChI is InChI=1S/C29H31FN2.ClH/c1-22-12-14-25(15-13-22)27-19-28(30)29(31-20-27)11-4-3-8-24-9-7-10-26(23(2)18-24)21-32-16-5-6-17-32;/h9-10,12-15,18-20H,3,5-8,16-17,21H2,1-2H3;1H. The van der Waals surface area contributed by atoms with Gasteiger partial charge in [-0.2, -0.15) is 0 Å². The number of likely N-dealkylation sites (tertiary alicyclic amines) is 1. The first-order valence-corrected chi connectivity index (χ1v) is 11.6. The van der Waals surface area contributed by atoms with E-state index in [1.54, 1.807) is 6.20 Å². The second kappa shape index (κ2) is 12.0. The van der Waals surface area contributed by atoms with Crippen LogP contribution in [0.5, 0.6) is 0 Å². The molecule has 0 bridgehead atoms. The molecule has 33 heavy (non-hydrogen) atoms. The summed E-state index contributed by atoms with van der Waals surface area (Å²) >= 11 is 0. The summed E-state index contributed by atoms with van der Waals surface area (Å²) in [7, 11) is 0. The van der Waals surface area contributed by atoms with Crippen LogP contribution in [0.25, 0.3) is 11.1 Å². The lowest BCUT2D eigenvalue weighted by Crippen LogP contribution is -2.22. The van der Waals surface area contributed by atoms with Gasteiger partial charge in [0.15, 0.2) is 5.82 Å². The third kappa shape index (κ3) is 6.90. The van der Waals surface area contributed by atoms with Crippen molar-refractivity contribution < 1.29 is 4.39 Å². The maximum Gasteiger partial charge on any atom is 0.158 e. The minimum atomic E-state index is -0.365. The van der Waals surface area contributed by atoms with Gasteiger partial charge in [0.1, 0.15) is 5.69 Å². The van der Waals surface area contributed by atoms with E-state index in [1.807, 2.05) is 31.2 Å². The highest BCUT2D eigenvalue weighted by Crippen LogP contribution is 2.23. The predicted molar refractivity (Wildman–Crippen MR) is 138 cm³/mol. The SMILES string of the molecule is CC1=CC(CCC#Cc2ncc(-c3ccc(C)cc3)cc2F)=CCC=C1CN1CCCC1.Cl. The minimum absolute atomic E-state index is 0. The maximum absolute atomic E-state index is 14.5. The molecule has 1 aliphatic carbocycles. The maximum atomic E-state index is 14.5. The van der Waals surface area contributed by atoms with Gasteiger partial charge >= 0.3 is 0 Å². The molecule has 4 rings (SSSR count). The minimum Gasteiger partial charge on any atom is -0.299 e. The quantitative estimate of drug-likeness (QED) is 0.442. The Morgan fingerprint density at radius 3 is 2.52 bits per heavy atom. The van der Waals surface area contributed by atoms with Gasteiger partial charge in [-0.05, 0) is 81.3 Å². The Kier molecular flexibility index (Phi) is 9.06. The van der Waals surface area contributed by atoms with E-state index < -0.39 is 0 Å². The lowest BCUT2D eigenvalue weighted by Gasteiger charge is -2.17. The van der Waals surface area contributed by atoms with Crippen molar-refractivity contribution >= 4 is 12.4 Å². The summed E-state index contributed by atoms with van der Waals surface area (Å²) in [4.78, 5) is 6.81. The fourth-order valence-corrected chi connectivity index (χ4v) is 4.28. The molecule has 2 aromatic rings. The molecule has 4 heteroatoms. The third-order valence-corrected chi connectivity index (χ3v) is 6.22. The summed E-state index contributed by atoms with van der Waals surface area (Å²) in [5.41, 5.74) is 7.25. The van der Waals surface area contributed by atoms with Crippen LogP contribution in [0.4, 0.5) is 4.39 Å². The van der Waals surface area contributed by atoms with Crippen LogP contribution in [0.1, 0.15) is 50.3 Å². The van der Waals surface area contributed by atoms with Gasteiger partial charge in [0.25, 0.3) is 0 Å². The Morgan fingerprint density at radius 1 is 1.03 bits per heavy atom. The molecule has 0 unspecified atom stereocenters. The lowest BCUT2D eigenvalue weighted by atomic mass is 10.0. The van der Waals surface area contributed by atoms with Gasteiger partial charge in [-0.25, -0.2) is 9.37 Å². The molecule has 0 atom stereocenters. The highest BCUT2D eigenvalue weighted by molar-refractivity contribution is 5.85. The first-order valence-electron chi connectivity index (χ1n) is 11.6. The van der Waals surface area contributed by atoms with Crippen LogP contribution in [-0.4, -0.2) is 29.5 Å². The molecule has 0 N–H and O–H groups in total. The molecule has 1 aromatic heterocycles. The number of hydrogen-bond donors (Lipinski definition) is 0. The molecule has 2 heterocycles. The summed E-state index contributed by atoms with van der Waals surface area (Å²) in [6.07, 6.45) is 13.8. The molecule has 1 saturated heterocycles. The van der Waals surface area contributed by atoms with E-state index in [1.165, 1.54) is 54.3 Å². The molecule has 0 amide bonds. The first kappa shape index (κ1) is 25.0. The van der Waals surface area contributed by atoms with Gasteiger partial charge in [-0.15, -0.1) is 12.4 Å². The number of allylic oxidation sites excluding steroid dienone is 4. The molecule has 0 saturated carbocycles. The number of benzene rings is 1. The Hall–Kier alpha value is -2.67. The first-order chi connectivity index (χ1) is 15.6. The van der Waals surface area contributed by atoms with E-state index in [0.29, 0.717) is 6.42 Å². The normalized spacial score (nSPS) is 16.0. The molecular weight excluding hydrogens is 431 g/mol. The second-order valence-corrected chi connectivity index (χ2v) is 8.78. The predicted octanol–water partition coefficient (Wildman–Crippen LogP) is 7.05. The third-order valence-electron chi connectivity index (χ3n) is 6.22. The number of hydrogen-bond acceptors (Lipinski definition) is 2. The van der Waals surface area contributed by atoms with Crippen LogP contribution in [0, 0.1) is 24.6 Å². The largest absolute Gasteiger partial charge is 0.299 e. The Labute approximate surface area is 203 Å². The summed E-state index contributed by atoms with van der Waals surface area (Å²) < 4.78 is 14.5. The van der Waals surface area contributed by atoms with Gasteiger partial charge in [-0.1, -0.05) is 59.6 Å². The van der Waals surface area contributed by atoms with Crippen molar-refractivity contribution in [1.29, 1.82) is 0 Å². The molecule has 172 valence electrons. The van der Waals surface area contributed by atoms with E-state index in [9.17, 15) is 4.39 Å². The molecule has 0 radical (unpaired) electrons. The van der Waals surface area contributed by atoms with Crippen molar-refractivity contribution in [3.63, 3.8) is 0 Å². The lowest BCUT2D eigenvalue weighted by molar-refractivity contribution is 0.370. The average Bonchev–Trinajstić information content (AvgIpc) is 3.23. The number of rotatable bonds is 5. The van der Waals surface area contributed by atoms with Gasteiger partial charge in [-0.3, -0.25) is 4.90 Å². The summed E-state index contributed by atoms with van der Waals surface area (Å²) in [6, 6.07) is 9.53. The van der Waals surface area contributed by atoms with E-state index in [2.05, 4.69) is 46.9 Å². The van der Waals surface area contributed by atoms with Crippen LogP contribution < -0.4 is 0 Å². The van der Waals surface area contributed by atoms with Gasteiger partial charge in [0.2, 0.25) is 0 Å². The molecule has 0 spiro atoms. The van der Waals surface area contributed by atoms with Crippen molar-refractivity contribution in [2.24, 2.45) is 0 Å². The number of nitrogens with zero attached hydrogens (tertiary/aromatic N) is 2. The van der Waals surface area contributed by atoms with E-state index in [-0.39, 0.29) is 23.9 Å². The van der Waals surface area contributed by atoms with Crippen molar-refractivity contribution in [2.75, 3.05) is 19.6 Å². The number of aryl methyl sites for hydroxylation is 1. The number of aromatic nitrogens is 1. The van der Waals surface area contributed by atoms with Crippen LogP contribution >= 0.6 is 12.4 Å². The van der Waals surface area contributed by atoms with Crippen molar-refractivity contribution in [3.05, 3.63) is 88.6 Å². The number of pyridine rings is 1. The fraction of sp³-hybridized carbons (Fsp3) is 0.345. The number of halogens is 2. The Bertz CT molecular complexity index is 1110. The second-order valence-electron chi connectivity index (χ2n) is 8.78. The van der Waals surface area contributed by atoms with Crippen LogP contribution in [-0.2, 0) is 0 Å². The Morgan fingerprint density at radius 2 is 1.79 bits per heavy atom. The summed E-state index contributed by atoms with van der Waals surface area (Å²) in [6.45, 7) is 7.75. The highest BCUT2D eigenvalue weighted by atomic mass is 35.5. The van der Waals surface area contributed by atoms with Crippen molar-refractivity contribution in [1.82, 2.24) is 9.88 Å². The van der Waals surface area contributed by atoms with Crippen LogP contribution in [0.15, 0.2) is 71.5 Å². The molecular formula is C29H32ClFN2. The average molecular weight is 463 g/mol. The fourth-order valence-electron chi connectivity index (χ4n) is 4.28. The van der Waals surface area contributed by atoms with Crippen LogP contribution in [0.3, 0.4) is 0 Å². The summed E-state index contributed by atoms with van der Waals surface area (Å²) in [5, 5.41) is 0. The van der Waals surface area contributed by atoms with E-state index >= 15 is 0 Å². The zero-order chi connectivity index (χ0) is 22.3. The summed E-state index contributed by atoms with van der Waals surface area (Å²) in [5.74, 6) is 5.67. The smallest absolute Gasteiger partial charge is 0.158 e. The molecule has 1 aromatic carbocycles. The van der Waals surface area contributed by atoms with Crippen molar-refractivity contribution in [2.45, 2.75) is 46.0 Å². The van der Waals surface area contributed by atoms with Gasteiger partial charge < -0.3 is 0 Å². The molecule has 1 aliphatic heterocycles. The van der Waals surface area contributed by atoms with Crippen molar-refractivity contribution in [3.8, 4) is 23.0 Å².